The van der Waals surface area contributed by atoms with E-state index in [4.69, 9.17) is 4.74 Å². The van der Waals surface area contributed by atoms with Gasteiger partial charge in [0.2, 0.25) is 0 Å². The van der Waals surface area contributed by atoms with Crippen LogP contribution in [-0.4, -0.2) is 12.6 Å². The molecule has 0 radical (unpaired) electrons. The van der Waals surface area contributed by atoms with E-state index in [9.17, 15) is 4.79 Å². The zero-order chi connectivity index (χ0) is 11.1. The zero-order valence-electron chi connectivity index (χ0n) is 10.2. The van der Waals surface area contributed by atoms with Crippen LogP contribution in [0.2, 0.25) is 0 Å². The minimum Gasteiger partial charge on any atom is -0.465 e. The number of rotatable bonds is 6. The molecule has 0 bridgehead atoms. The fourth-order valence-corrected chi connectivity index (χ4v) is 1.37. The van der Waals surface area contributed by atoms with Gasteiger partial charge in [-0.05, 0) is 24.7 Å². The highest BCUT2D eigenvalue weighted by Gasteiger charge is 2.19. The molecule has 0 aliphatic rings. The van der Waals surface area contributed by atoms with Crippen molar-refractivity contribution in [3.05, 3.63) is 0 Å². The molecule has 0 aromatic heterocycles. The summed E-state index contributed by atoms with van der Waals surface area (Å²) in [5.74, 6) is 1.06. The molecule has 0 aliphatic heterocycles. The second-order valence-electron chi connectivity index (χ2n) is 4.76. The summed E-state index contributed by atoms with van der Waals surface area (Å²) < 4.78 is 5.22. The summed E-state index contributed by atoms with van der Waals surface area (Å²) in [5.41, 5.74) is 0. The van der Waals surface area contributed by atoms with E-state index in [0.29, 0.717) is 18.4 Å². The van der Waals surface area contributed by atoms with Crippen LogP contribution in [0.3, 0.4) is 0 Å². The first-order chi connectivity index (χ1) is 6.47. The topological polar surface area (TPSA) is 26.3 Å². The number of hydrogen-bond acceptors (Lipinski definition) is 2. The monoisotopic (exact) mass is 200 g/mol. The van der Waals surface area contributed by atoms with Crippen molar-refractivity contribution in [2.45, 2.75) is 47.5 Å². The molecule has 0 fully saturated rings. The fourth-order valence-electron chi connectivity index (χ4n) is 1.37. The van der Waals surface area contributed by atoms with Crippen molar-refractivity contribution in [3.63, 3.8) is 0 Å². The van der Waals surface area contributed by atoms with Crippen molar-refractivity contribution in [1.82, 2.24) is 0 Å². The molecule has 0 saturated heterocycles. The lowest BCUT2D eigenvalue weighted by Crippen LogP contribution is -2.20. The van der Waals surface area contributed by atoms with E-state index in [0.717, 1.165) is 12.8 Å². The summed E-state index contributed by atoms with van der Waals surface area (Å²) in [6.07, 6.45) is 1.82. The Bertz CT molecular complexity index is 162. The number of carbonyl (C=O) groups excluding carboxylic acids is 1. The molecule has 0 amide bonds. The minimum atomic E-state index is -0.0186. The zero-order valence-corrected chi connectivity index (χ0v) is 10.2. The van der Waals surface area contributed by atoms with Crippen LogP contribution in [0.1, 0.15) is 47.5 Å². The Labute approximate surface area is 88.0 Å². The number of carbonyl (C=O) groups is 1. The van der Waals surface area contributed by atoms with Crippen LogP contribution in [0.4, 0.5) is 0 Å². The lowest BCUT2D eigenvalue weighted by molar-refractivity contribution is -0.150. The van der Waals surface area contributed by atoms with E-state index < -0.39 is 0 Å². The van der Waals surface area contributed by atoms with Crippen molar-refractivity contribution >= 4 is 5.97 Å². The van der Waals surface area contributed by atoms with Gasteiger partial charge < -0.3 is 4.74 Å². The summed E-state index contributed by atoms with van der Waals surface area (Å²) in [5, 5.41) is 0. The van der Waals surface area contributed by atoms with Crippen LogP contribution in [0.5, 0.6) is 0 Å². The van der Waals surface area contributed by atoms with Gasteiger partial charge in [-0.2, -0.15) is 0 Å². The van der Waals surface area contributed by atoms with Gasteiger partial charge in [-0.25, -0.2) is 0 Å². The molecular formula is C12H24O2. The van der Waals surface area contributed by atoms with Crippen LogP contribution in [0.15, 0.2) is 0 Å². The first-order valence-corrected chi connectivity index (χ1v) is 5.64. The molecular weight excluding hydrogens is 176 g/mol. The molecule has 0 aromatic carbocycles. The van der Waals surface area contributed by atoms with E-state index in [1.165, 1.54) is 0 Å². The smallest absolute Gasteiger partial charge is 0.308 e. The average molecular weight is 200 g/mol. The van der Waals surface area contributed by atoms with Crippen molar-refractivity contribution in [1.29, 1.82) is 0 Å². The number of hydrogen-bond donors (Lipinski definition) is 0. The lowest BCUT2D eigenvalue weighted by Gasteiger charge is -2.16. The molecule has 0 unspecified atom stereocenters. The largest absolute Gasteiger partial charge is 0.465 e. The van der Waals surface area contributed by atoms with Gasteiger partial charge in [0.25, 0.3) is 0 Å². The van der Waals surface area contributed by atoms with Gasteiger partial charge >= 0.3 is 5.97 Å². The maximum Gasteiger partial charge on any atom is 0.308 e. The quantitative estimate of drug-likeness (QED) is 0.615. The SMILES string of the molecule is CC[C@@H](CC(C)C)C(=O)OCC(C)C. The van der Waals surface area contributed by atoms with Gasteiger partial charge in [0, 0.05) is 0 Å². The van der Waals surface area contributed by atoms with Crippen molar-refractivity contribution in [3.8, 4) is 0 Å². The normalized spacial score (nSPS) is 13.4. The lowest BCUT2D eigenvalue weighted by atomic mass is 9.95. The molecule has 84 valence electrons. The predicted octanol–water partition coefficient (Wildman–Crippen LogP) is 3.26. The molecule has 0 spiro atoms. The summed E-state index contributed by atoms with van der Waals surface area (Å²) >= 11 is 0. The van der Waals surface area contributed by atoms with Gasteiger partial charge in [-0.1, -0.05) is 34.6 Å². The Morgan fingerprint density at radius 2 is 1.71 bits per heavy atom. The summed E-state index contributed by atoms with van der Waals surface area (Å²) in [4.78, 5) is 11.6. The minimum absolute atomic E-state index is 0.0186. The molecule has 14 heavy (non-hydrogen) atoms. The Kier molecular flexibility index (Phi) is 6.60. The van der Waals surface area contributed by atoms with Crippen LogP contribution in [0, 0.1) is 17.8 Å². The summed E-state index contributed by atoms with van der Waals surface area (Å²) in [7, 11) is 0. The average Bonchev–Trinajstić information content (AvgIpc) is 2.09. The maximum atomic E-state index is 11.6. The van der Waals surface area contributed by atoms with Crippen molar-refractivity contribution < 1.29 is 9.53 Å². The predicted molar refractivity (Wildman–Crippen MR) is 59.0 cm³/mol. The fraction of sp³-hybridized carbons (Fsp3) is 0.917. The third-order valence-corrected chi connectivity index (χ3v) is 2.14. The molecule has 1 atom stereocenters. The molecule has 0 N–H and O–H groups in total. The van der Waals surface area contributed by atoms with Gasteiger partial charge in [0.05, 0.1) is 12.5 Å². The second kappa shape index (κ2) is 6.86. The highest BCUT2D eigenvalue weighted by Crippen LogP contribution is 2.17. The third-order valence-electron chi connectivity index (χ3n) is 2.14. The highest BCUT2D eigenvalue weighted by molar-refractivity contribution is 5.72. The molecule has 0 saturated carbocycles. The molecule has 2 nitrogen and oxygen atoms in total. The van der Waals surface area contributed by atoms with Crippen LogP contribution in [0.25, 0.3) is 0 Å². The van der Waals surface area contributed by atoms with Gasteiger partial charge in [0.15, 0.2) is 0 Å². The van der Waals surface area contributed by atoms with Gasteiger partial charge in [-0.15, -0.1) is 0 Å². The first kappa shape index (κ1) is 13.5. The number of ether oxygens (including phenoxy) is 1. The second-order valence-corrected chi connectivity index (χ2v) is 4.76. The van der Waals surface area contributed by atoms with Crippen molar-refractivity contribution in [2.75, 3.05) is 6.61 Å². The molecule has 0 heterocycles. The van der Waals surface area contributed by atoms with Gasteiger partial charge in [0.1, 0.15) is 0 Å². The number of esters is 1. The van der Waals surface area contributed by atoms with Crippen LogP contribution < -0.4 is 0 Å². The van der Waals surface area contributed by atoms with E-state index in [1.807, 2.05) is 6.92 Å². The molecule has 0 aromatic rings. The highest BCUT2D eigenvalue weighted by atomic mass is 16.5. The van der Waals surface area contributed by atoms with E-state index in [2.05, 4.69) is 27.7 Å². The third kappa shape index (κ3) is 6.01. The Morgan fingerprint density at radius 1 is 1.14 bits per heavy atom. The van der Waals surface area contributed by atoms with Crippen LogP contribution in [-0.2, 0) is 9.53 Å². The summed E-state index contributed by atoms with van der Waals surface area (Å²) in [6.45, 7) is 11.0. The molecule has 0 aliphatic carbocycles. The Hall–Kier alpha value is -0.530. The van der Waals surface area contributed by atoms with E-state index in [-0.39, 0.29) is 11.9 Å². The van der Waals surface area contributed by atoms with E-state index >= 15 is 0 Å². The molecule has 2 heteroatoms. The Morgan fingerprint density at radius 3 is 2.07 bits per heavy atom. The van der Waals surface area contributed by atoms with Gasteiger partial charge in [-0.3, -0.25) is 4.79 Å². The maximum absolute atomic E-state index is 11.6. The molecule has 0 rings (SSSR count). The first-order valence-electron chi connectivity index (χ1n) is 5.64. The van der Waals surface area contributed by atoms with Crippen molar-refractivity contribution in [2.24, 2.45) is 17.8 Å². The van der Waals surface area contributed by atoms with E-state index in [1.54, 1.807) is 0 Å². The standard InChI is InChI=1S/C12H24O2/c1-6-11(7-9(2)3)12(13)14-8-10(4)5/h9-11H,6-8H2,1-5H3/t11-/m0/s1. The van der Waals surface area contributed by atoms with Crippen LogP contribution >= 0.6 is 0 Å². The Balaban J connectivity index is 3.92. The summed E-state index contributed by atoms with van der Waals surface area (Å²) in [6, 6.07) is 0.